The maximum atomic E-state index is 6.58. The summed E-state index contributed by atoms with van der Waals surface area (Å²) in [6.45, 7) is 4.05. The zero-order valence-corrected chi connectivity index (χ0v) is 18.5. The second kappa shape index (κ2) is 9.10. The lowest BCUT2D eigenvalue weighted by atomic mass is 10.0. The van der Waals surface area contributed by atoms with E-state index in [1.807, 2.05) is 48.5 Å². The Kier molecular flexibility index (Phi) is 5.88. The molecule has 32 heavy (non-hydrogen) atoms. The predicted molar refractivity (Wildman–Crippen MR) is 132 cm³/mol. The minimum Gasteiger partial charge on any atom is -0.381 e. The van der Waals surface area contributed by atoms with Crippen LogP contribution in [0.5, 0.6) is 0 Å². The number of rotatable bonds is 6. The van der Waals surface area contributed by atoms with Gasteiger partial charge in [0.1, 0.15) is 0 Å². The first-order chi connectivity index (χ1) is 15.7. The molecule has 0 bridgehead atoms. The van der Waals surface area contributed by atoms with Gasteiger partial charge >= 0.3 is 0 Å². The van der Waals surface area contributed by atoms with Crippen LogP contribution in [0.15, 0.2) is 60.8 Å². The number of likely N-dealkylation sites (tertiary alicyclic amines) is 1. The fraction of sp³-hybridized carbons (Fsp3) is 0.240. The number of pyridine rings is 1. The summed E-state index contributed by atoms with van der Waals surface area (Å²) in [5.74, 6) is 0.990. The number of fused-ring (bicyclic) bond motifs is 1. The number of benzene rings is 2. The van der Waals surface area contributed by atoms with Crippen LogP contribution in [-0.4, -0.2) is 46.0 Å². The molecule has 1 saturated heterocycles. The van der Waals surface area contributed by atoms with Gasteiger partial charge in [0.25, 0.3) is 0 Å². The van der Waals surface area contributed by atoms with Crippen molar-refractivity contribution in [2.24, 2.45) is 0 Å². The lowest BCUT2D eigenvalue weighted by Crippen LogP contribution is -2.26. The van der Waals surface area contributed by atoms with Crippen molar-refractivity contribution in [2.45, 2.75) is 12.8 Å². The topological polar surface area (TPSA) is 80.0 Å². The first kappa shape index (κ1) is 20.7. The molecule has 2 aromatic carbocycles. The molecular weight excluding hydrogens is 420 g/mol. The molecule has 2 aromatic heterocycles. The second-order valence-corrected chi connectivity index (χ2v) is 8.44. The summed E-state index contributed by atoms with van der Waals surface area (Å²) in [6, 6.07) is 17.8. The minimum absolute atomic E-state index is 0.391. The summed E-state index contributed by atoms with van der Waals surface area (Å²) in [6.07, 6.45) is 4.29. The molecule has 5 rings (SSSR count). The Hall–Kier alpha value is -3.22. The lowest BCUT2D eigenvalue weighted by molar-refractivity contribution is 0.352. The van der Waals surface area contributed by atoms with Gasteiger partial charge in [-0.05, 0) is 44.1 Å². The molecule has 0 spiro atoms. The summed E-state index contributed by atoms with van der Waals surface area (Å²) in [5, 5.41) is 4.93. The van der Waals surface area contributed by atoms with Gasteiger partial charge in [0.2, 0.25) is 0 Å². The largest absolute Gasteiger partial charge is 0.381 e. The second-order valence-electron chi connectivity index (χ2n) is 8.03. The molecule has 7 heteroatoms. The highest BCUT2D eigenvalue weighted by molar-refractivity contribution is 6.35. The molecule has 0 aliphatic carbocycles. The van der Waals surface area contributed by atoms with E-state index >= 15 is 0 Å². The van der Waals surface area contributed by atoms with Gasteiger partial charge in [0.05, 0.1) is 21.9 Å². The Labute approximate surface area is 192 Å². The molecule has 0 unspecified atom stereocenters. The van der Waals surface area contributed by atoms with Crippen LogP contribution in [0.1, 0.15) is 12.8 Å². The average Bonchev–Trinajstić information content (AvgIpc) is 3.34. The quantitative estimate of drug-likeness (QED) is 0.430. The van der Waals surface area contributed by atoms with Gasteiger partial charge in [-0.15, -0.1) is 0 Å². The van der Waals surface area contributed by atoms with Crippen LogP contribution in [-0.2, 0) is 0 Å². The first-order valence-corrected chi connectivity index (χ1v) is 11.3. The Morgan fingerprint density at radius 3 is 2.53 bits per heavy atom. The summed E-state index contributed by atoms with van der Waals surface area (Å²) in [7, 11) is 0. The van der Waals surface area contributed by atoms with Gasteiger partial charge in [-0.1, -0.05) is 48.0 Å². The predicted octanol–water partition coefficient (Wildman–Crippen LogP) is 5.10. The SMILES string of the molecule is Nc1nc(-c2ccccc2)c(-c2cc(Cl)c3ncccc3c2)nc1NCCN1CCCC1. The number of hydrogen-bond acceptors (Lipinski definition) is 6. The molecule has 0 amide bonds. The van der Waals surface area contributed by atoms with Crippen molar-refractivity contribution < 1.29 is 0 Å². The maximum Gasteiger partial charge on any atom is 0.169 e. The molecule has 1 fully saturated rings. The Balaban J connectivity index is 1.57. The van der Waals surface area contributed by atoms with Crippen molar-refractivity contribution in [3.05, 3.63) is 65.8 Å². The van der Waals surface area contributed by atoms with Crippen LogP contribution in [0.25, 0.3) is 33.4 Å². The van der Waals surface area contributed by atoms with Crippen molar-refractivity contribution in [2.75, 3.05) is 37.2 Å². The number of nitrogens with one attached hydrogen (secondary N) is 1. The molecule has 0 saturated carbocycles. The summed E-state index contributed by atoms with van der Waals surface area (Å²) < 4.78 is 0. The van der Waals surface area contributed by atoms with Crippen LogP contribution in [0, 0.1) is 0 Å². The van der Waals surface area contributed by atoms with Crippen molar-refractivity contribution in [1.29, 1.82) is 0 Å². The van der Waals surface area contributed by atoms with Crippen LogP contribution in [0.3, 0.4) is 0 Å². The van der Waals surface area contributed by atoms with Gasteiger partial charge in [0.15, 0.2) is 11.6 Å². The van der Waals surface area contributed by atoms with Crippen molar-refractivity contribution in [3.8, 4) is 22.5 Å². The van der Waals surface area contributed by atoms with Gasteiger partial charge in [0, 0.05) is 35.8 Å². The molecule has 0 atom stereocenters. The monoisotopic (exact) mass is 444 g/mol. The number of halogens is 1. The molecule has 4 aromatic rings. The van der Waals surface area contributed by atoms with Crippen molar-refractivity contribution >= 4 is 34.1 Å². The third-order valence-electron chi connectivity index (χ3n) is 5.82. The fourth-order valence-corrected chi connectivity index (χ4v) is 4.48. The van der Waals surface area contributed by atoms with E-state index < -0.39 is 0 Å². The van der Waals surface area contributed by atoms with E-state index in [9.17, 15) is 0 Å². The number of nitrogen functional groups attached to an aromatic ring is 1. The number of hydrogen-bond donors (Lipinski definition) is 2. The van der Waals surface area contributed by atoms with E-state index in [0.29, 0.717) is 16.7 Å². The Bertz CT molecular complexity index is 1240. The van der Waals surface area contributed by atoms with E-state index in [4.69, 9.17) is 27.3 Å². The molecule has 162 valence electrons. The molecule has 3 N–H and O–H groups in total. The van der Waals surface area contributed by atoms with Crippen LogP contribution in [0.2, 0.25) is 5.02 Å². The standard InChI is InChI=1S/C25H25ClN6/c26-20-16-19(15-18-9-6-10-28-21(18)20)23-22(17-7-2-1-3-8-17)30-24(27)25(31-23)29-11-14-32-12-4-5-13-32/h1-3,6-10,15-16H,4-5,11-14H2,(H2,27,30)(H,29,31). The number of nitrogens with two attached hydrogens (primary N) is 1. The summed E-state index contributed by atoms with van der Waals surface area (Å²) in [4.78, 5) is 16.5. The highest BCUT2D eigenvalue weighted by atomic mass is 35.5. The summed E-state index contributed by atoms with van der Waals surface area (Å²) >= 11 is 6.58. The van der Waals surface area contributed by atoms with Crippen LogP contribution in [0.4, 0.5) is 11.6 Å². The van der Waals surface area contributed by atoms with Crippen LogP contribution >= 0.6 is 11.6 Å². The third-order valence-corrected chi connectivity index (χ3v) is 6.11. The molecule has 0 radical (unpaired) electrons. The number of nitrogens with zero attached hydrogens (tertiary/aromatic N) is 4. The van der Waals surface area contributed by atoms with Crippen molar-refractivity contribution in [3.63, 3.8) is 0 Å². The molecular formula is C25H25ClN6. The zero-order chi connectivity index (χ0) is 21.9. The molecule has 1 aliphatic rings. The molecule has 6 nitrogen and oxygen atoms in total. The normalized spacial score (nSPS) is 14.2. The molecule has 3 heterocycles. The van der Waals surface area contributed by atoms with E-state index in [-0.39, 0.29) is 0 Å². The minimum atomic E-state index is 0.391. The third kappa shape index (κ3) is 4.24. The Morgan fingerprint density at radius 2 is 1.72 bits per heavy atom. The lowest BCUT2D eigenvalue weighted by Gasteiger charge is -2.17. The van der Waals surface area contributed by atoms with Gasteiger partial charge in [-0.3, -0.25) is 4.98 Å². The van der Waals surface area contributed by atoms with E-state index in [1.165, 1.54) is 12.8 Å². The summed E-state index contributed by atoms with van der Waals surface area (Å²) in [5.41, 5.74) is 10.4. The highest BCUT2D eigenvalue weighted by Gasteiger charge is 2.18. The highest BCUT2D eigenvalue weighted by Crippen LogP contribution is 2.35. The maximum absolute atomic E-state index is 6.58. The van der Waals surface area contributed by atoms with Gasteiger partial charge in [-0.2, -0.15) is 0 Å². The number of aromatic nitrogens is 3. The van der Waals surface area contributed by atoms with Gasteiger partial charge in [-0.25, -0.2) is 9.97 Å². The number of anilines is 2. The Morgan fingerprint density at radius 1 is 0.938 bits per heavy atom. The van der Waals surface area contributed by atoms with Crippen LogP contribution < -0.4 is 11.1 Å². The average molecular weight is 445 g/mol. The van der Waals surface area contributed by atoms with E-state index in [2.05, 4.69) is 21.3 Å². The first-order valence-electron chi connectivity index (χ1n) is 10.9. The smallest absolute Gasteiger partial charge is 0.169 e. The molecule has 1 aliphatic heterocycles. The van der Waals surface area contributed by atoms with E-state index in [1.54, 1.807) is 6.20 Å². The zero-order valence-electron chi connectivity index (χ0n) is 17.8. The fourth-order valence-electron chi connectivity index (χ4n) is 4.20. The van der Waals surface area contributed by atoms with Crippen molar-refractivity contribution in [1.82, 2.24) is 19.9 Å². The van der Waals surface area contributed by atoms with Gasteiger partial charge < -0.3 is 16.0 Å². The van der Waals surface area contributed by atoms with E-state index in [0.717, 1.165) is 59.6 Å².